The highest BCUT2D eigenvalue weighted by Crippen LogP contribution is 2.34. The topological polar surface area (TPSA) is 71.5 Å². The molecule has 6 heteroatoms. The van der Waals surface area contributed by atoms with Gasteiger partial charge < -0.3 is 15.0 Å². The van der Waals surface area contributed by atoms with Crippen LogP contribution in [0.1, 0.15) is 33.5 Å². The van der Waals surface area contributed by atoms with E-state index in [0.29, 0.717) is 25.3 Å². The first-order valence-electron chi connectivity index (χ1n) is 9.70. The van der Waals surface area contributed by atoms with E-state index in [1.807, 2.05) is 43.0 Å². The van der Waals surface area contributed by atoms with E-state index in [4.69, 9.17) is 4.74 Å². The van der Waals surface area contributed by atoms with Crippen LogP contribution in [0.2, 0.25) is 0 Å². The van der Waals surface area contributed by atoms with Crippen LogP contribution in [0, 0.1) is 19.8 Å². The maximum absolute atomic E-state index is 13.2. The van der Waals surface area contributed by atoms with Gasteiger partial charge in [0.25, 0.3) is 5.91 Å². The van der Waals surface area contributed by atoms with Crippen molar-refractivity contribution in [3.8, 4) is 0 Å². The molecule has 1 N–H and O–H groups in total. The summed E-state index contributed by atoms with van der Waals surface area (Å²) in [7, 11) is 0. The Morgan fingerprint density at radius 3 is 2.75 bits per heavy atom. The van der Waals surface area contributed by atoms with E-state index in [2.05, 4.69) is 16.4 Å². The highest BCUT2D eigenvalue weighted by Gasteiger charge is 2.50. The van der Waals surface area contributed by atoms with E-state index in [0.717, 1.165) is 23.1 Å². The van der Waals surface area contributed by atoms with Gasteiger partial charge in [-0.3, -0.25) is 14.6 Å². The van der Waals surface area contributed by atoms with Crippen LogP contribution in [0.15, 0.2) is 42.7 Å². The average molecular weight is 379 g/mol. The van der Waals surface area contributed by atoms with Crippen molar-refractivity contribution in [1.29, 1.82) is 0 Å². The van der Waals surface area contributed by atoms with Gasteiger partial charge in [0, 0.05) is 37.7 Å². The molecule has 2 aliphatic rings. The van der Waals surface area contributed by atoms with Crippen molar-refractivity contribution >= 4 is 11.8 Å². The summed E-state index contributed by atoms with van der Waals surface area (Å²) in [5.74, 6) is -0.439. The average Bonchev–Trinajstić information content (AvgIpc) is 3.28. The largest absolute Gasteiger partial charge is 0.375 e. The Balaban J connectivity index is 1.48. The number of hydrogen-bond acceptors (Lipinski definition) is 4. The van der Waals surface area contributed by atoms with Crippen LogP contribution in [0.4, 0.5) is 0 Å². The number of rotatable bonds is 4. The molecule has 3 atom stereocenters. The summed E-state index contributed by atoms with van der Waals surface area (Å²) < 4.78 is 5.86. The molecule has 2 fully saturated rings. The number of nitrogens with one attached hydrogen (secondary N) is 1. The zero-order valence-corrected chi connectivity index (χ0v) is 16.2. The summed E-state index contributed by atoms with van der Waals surface area (Å²) in [6.45, 7) is 5.37. The van der Waals surface area contributed by atoms with Crippen molar-refractivity contribution in [1.82, 2.24) is 15.2 Å². The Bertz CT molecular complexity index is 864. The predicted octanol–water partition coefficient (Wildman–Crippen LogP) is 2.24. The molecule has 146 valence electrons. The highest BCUT2D eigenvalue weighted by molar-refractivity contribution is 5.96. The minimum Gasteiger partial charge on any atom is -0.375 e. The molecule has 3 heterocycles. The van der Waals surface area contributed by atoms with Gasteiger partial charge in [-0.05, 0) is 44.0 Å². The number of fused-ring (bicyclic) bond motifs is 1. The molecule has 2 aromatic rings. The Labute approximate surface area is 164 Å². The number of pyridine rings is 1. The number of aryl methyl sites for hydroxylation is 2. The first-order valence-corrected chi connectivity index (χ1v) is 9.70. The molecule has 1 aromatic carbocycles. The van der Waals surface area contributed by atoms with E-state index in [9.17, 15) is 9.59 Å². The SMILES string of the molecule is Cc1cc(C)cc(C(=O)N2C[C@H](C(=O)NCc3cccnc3)[C@@H]3OCC[C@H]32)c1. The van der Waals surface area contributed by atoms with E-state index in [1.54, 1.807) is 12.4 Å². The molecule has 2 amide bonds. The van der Waals surface area contributed by atoms with Crippen LogP contribution in [0.5, 0.6) is 0 Å². The number of hydrogen-bond donors (Lipinski definition) is 1. The Morgan fingerprint density at radius 1 is 1.25 bits per heavy atom. The summed E-state index contributed by atoms with van der Waals surface area (Å²) >= 11 is 0. The van der Waals surface area contributed by atoms with Gasteiger partial charge in [-0.1, -0.05) is 23.3 Å². The lowest BCUT2D eigenvalue weighted by atomic mass is 10.0. The van der Waals surface area contributed by atoms with Gasteiger partial charge in [0.1, 0.15) is 0 Å². The molecule has 6 nitrogen and oxygen atoms in total. The summed E-state index contributed by atoms with van der Waals surface area (Å²) in [5.41, 5.74) is 3.75. The second-order valence-electron chi connectivity index (χ2n) is 7.71. The molecule has 0 radical (unpaired) electrons. The van der Waals surface area contributed by atoms with Crippen LogP contribution in [-0.4, -0.2) is 47.0 Å². The lowest BCUT2D eigenvalue weighted by Gasteiger charge is -2.23. The summed E-state index contributed by atoms with van der Waals surface area (Å²) in [5, 5.41) is 2.97. The smallest absolute Gasteiger partial charge is 0.254 e. The number of amides is 2. The fraction of sp³-hybridized carbons (Fsp3) is 0.409. The number of benzene rings is 1. The number of likely N-dealkylation sites (tertiary alicyclic amines) is 1. The van der Waals surface area contributed by atoms with Gasteiger partial charge >= 0.3 is 0 Å². The maximum Gasteiger partial charge on any atom is 0.254 e. The zero-order valence-electron chi connectivity index (χ0n) is 16.2. The van der Waals surface area contributed by atoms with Gasteiger partial charge in [0.05, 0.1) is 18.1 Å². The number of ether oxygens (including phenoxy) is 1. The molecule has 1 aromatic heterocycles. The van der Waals surface area contributed by atoms with Crippen LogP contribution in [0.3, 0.4) is 0 Å². The van der Waals surface area contributed by atoms with Crippen LogP contribution in [0.25, 0.3) is 0 Å². The standard InChI is InChI=1S/C22H25N3O3/c1-14-8-15(2)10-17(9-14)22(27)25-13-18(20-19(25)5-7-28-20)21(26)24-12-16-4-3-6-23-11-16/h3-4,6,8-11,18-20H,5,7,12-13H2,1-2H3,(H,24,26)/t18-,19+,20-/m0/s1. The van der Waals surface area contributed by atoms with E-state index in [-0.39, 0.29) is 29.9 Å². The summed E-state index contributed by atoms with van der Waals surface area (Å²) in [4.78, 5) is 31.9. The molecule has 0 aliphatic carbocycles. The molecule has 0 saturated carbocycles. The van der Waals surface area contributed by atoms with Crippen LogP contribution < -0.4 is 5.32 Å². The highest BCUT2D eigenvalue weighted by atomic mass is 16.5. The van der Waals surface area contributed by atoms with Crippen molar-refractivity contribution < 1.29 is 14.3 Å². The number of carbonyl (C=O) groups excluding carboxylic acids is 2. The third-order valence-corrected chi connectivity index (χ3v) is 5.55. The Morgan fingerprint density at radius 2 is 2.04 bits per heavy atom. The molecule has 28 heavy (non-hydrogen) atoms. The fourth-order valence-electron chi connectivity index (χ4n) is 4.32. The maximum atomic E-state index is 13.2. The van der Waals surface area contributed by atoms with Gasteiger partial charge in [-0.25, -0.2) is 0 Å². The molecule has 2 saturated heterocycles. The molecule has 4 rings (SSSR count). The molecule has 0 unspecified atom stereocenters. The van der Waals surface area contributed by atoms with Crippen molar-refractivity contribution in [3.05, 3.63) is 65.0 Å². The number of aromatic nitrogens is 1. The second kappa shape index (κ2) is 7.72. The van der Waals surface area contributed by atoms with E-state index in [1.165, 1.54) is 0 Å². The first-order chi connectivity index (χ1) is 13.5. The molecule has 0 bridgehead atoms. The molecular formula is C22H25N3O3. The van der Waals surface area contributed by atoms with Crippen LogP contribution >= 0.6 is 0 Å². The number of carbonyl (C=O) groups is 2. The molecule has 0 spiro atoms. The van der Waals surface area contributed by atoms with Gasteiger partial charge in [-0.2, -0.15) is 0 Å². The lowest BCUT2D eigenvalue weighted by Crippen LogP contribution is -2.37. The summed E-state index contributed by atoms with van der Waals surface area (Å²) in [6.07, 6.45) is 3.98. The van der Waals surface area contributed by atoms with E-state index < -0.39 is 0 Å². The monoisotopic (exact) mass is 379 g/mol. The Kier molecular flexibility index (Phi) is 5.13. The third-order valence-electron chi connectivity index (χ3n) is 5.55. The van der Waals surface area contributed by atoms with Crippen molar-refractivity contribution in [3.63, 3.8) is 0 Å². The lowest BCUT2D eigenvalue weighted by molar-refractivity contribution is -0.127. The zero-order chi connectivity index (χ0) is 19.7. The number of nitrogens with zero attached hydrogens (tertiary/aromatic N) is 2. The van der Waals surface area contributed by atoms with E-state index >= 15 is 0 Å². The van der Waals surface area contributed by atoms with Gasteiger partial charge in [0.15, 0.2) is 0 Å². The quantitative estimate of drug-likeness (QED) is 0.884. The fourth-order valence-corrected chi connectivity index (χ4v) is 4.32. The van der Waals surface area contributed by atoms with Crippen molar-refractivity contribution in [2.45, 2.75) is 39.0 Å². The Hall–Kier alpha value is -2.73. The minimum absolute atomic E-state index is 0.0186. The minimum atomic E-state index is -0.348. The van der Waals surface area contributed by atoms with Gasteiger partial charge in [-0.15, -0.1) is 0 Å². The second-order valence-corrected chi connectivity index (χ2v) is 7.71. The normalized spacial score (nSPS) is 23.5. The third kappa shape index (κ3) is 3.64. The predicted molar refractivity (Wildman–Crippen MR) is 105 cm³/mol. The van der Waals surface area contributed by atoms with Gasteiger partial charge in [0.2, 0.25) is 5.91 Å². The van der Waals surface area contributed by atoms with Crippen molar-refractivity contribution in [2.75, 3.05) is 13.2 Å². The summed E-state index contributed by atoms with van der Waals surface area (Å²) in [6, 6.07) is 9.61. The molecule has 2 aliphatic heterocycles. The van der Waals surface area contributed by atoms with Crippen molar-refractivity contribution in [2.24, 2.45) is 5.92 Å². The van der Waals surface area contributed by atoms with Crippen LogP contribution in [-0.2, 0) is 16.1 Å². The first kappa shape index (κ1) is 18.6. The molecular weight excluding hydrogens is 354 g/mol.